The number of pyridine rings is 1. The summed E-state index contributed by atoms with van der Waals surface area (Å²) in [7, 11) is 0. The molecule has 1 heterocycles. The lowest BCUT2D eigenvalue weighted by molar-refractivity contribution is 0.251. The second-order valence-electron chi connectivity index (χ2n) is 5.12. The zero-order chi connectivity index (χ0) is 9.47. The predicted molar refractivity (Wildman–Crippen MR) is 54.6 cm³/mol. The van der Waals surface area contributed by atoms with Crippen LogP contribution in [0.2, 0.25) is 0 Å². The summed E-state index contributed by atoms with van der Waals surface area (Å²) in [4.78, 5) is 4.17. The fraction of sp³-hybridized carbons (Fsp3) is 0.583. The topological polar surface area (TPSA) is 12.9 Å². The molecule has 1 nitrogen and oxygen atoms in total. The van der Waals surface area contributed by atoms with Crippen LogP contribution in [-0.2, 0) is 12.8 Å². The lowest BCUT2D eigenvalue weighted by atomic mass is 9.79. The molecule has 70 valence electrons. The fourth-order valence-corrected chi connectivity index (χ4v) is 2.05. The summed E-state index contributed by atoms with van der Waals surface area (Å²) in [6.45, 7) is 6.99. The van der Waals surface area contributed by atoms with Crippen molar-refractivity contribution in [2.45, 2.75) is 33.6 Å². The summed E-state index contributed by atoms with van der Waals surface area (Å²) in [5, 5.41) is 0. The van der Waals surface area contributed by atoms with Crippen LogP contribution < -0.4 is 0 Å². The molecule has 0 saturated heterocycles. The van der Waals surface area contributed by atoms with E-state index in [2.05, 4.69) is 31.8 Å². The van der Waals surface area contributed by atoms with Crippen LogP contribution in [0.5, 0.6) is 0 Å². The van der Waals surface area contributed by atoms with Crippen molar-refractivity contribution in [1.29, 1.82) is 0 Å². The Morgan fingerprint density at radius 3 is 2.54 bits per heavy atom. The van der Waals surface area contributed by atoms with Gasteiger partial charge in [-0.1, -0.05) is 20.8 Å². The first-order chi connectivity index (χ1) is 6.07. The van der Waals surface area contributed by atoms with Gasteiger partial charge in [0.15, 0.2) is 0 Å². The normalized spacial score (nSPS) is 21.6. The van der Waals surface area contributed by atoms with Gasteiger partial charge in [-0.25, -0.2) is 0 Å². The van der Waals surface area contributed by atoms with Crippen LogP contribution in [0, 0.1) is 11.3 Å². The second-order valence-corrected chi connectivity index (χ2v) is 5.12. The minimum Gasteiger partial charge on any atom is -0.264 e. The summed E-state index contributed by atoms with van der Waals surface area (Å²) in [5.41, 5.74) is 3.40. The van der Waals surface area contributed by atoms with Crippen molar-refractivity contribution in [2.24, 2.45) is 11.3 Å². The largest absolute Gasteiger partial charge is 0.264 e. The maximum absolute atomic E-state index is 4.17. The van der Waals surface area contributed by atoms with Gasteiger partial charge < -0.3 is 0 Å². The summed E-state index contributed by atoms with van der Waals surface area (Å²) in [6.07, 6.45) is 6.39. The van der Waals surface area contributed by atoms with Gasteiger partial charge in [-0.2, -0.15) is 0 Å². The highest BCUT2D eigenvalue weighted by molar-refractivity contribution is 5.29. The van der Waals surface area contributed by atoms with Crippen LogP contribution in [0.15, 0.2) is 18.5 Å². The molecule has 0 aromatic carbocycles. The molecule has 1 aliphatic carbocycles. The van der Waals surface area contributed by atoms with E-state index in [9.17, 15) is 0 Å². The zero-order valence-electron chi connectivity index (χ0n) is 8.67. The number of nitrogens with zero attached hydrogens (tertiary/aromatic N) is 1. The molecule has 0 N–H and O–H groups in total. The minimum atomic E-state index is 0.430. The van der Waals surface area contributed by atoms with Crippen molar-refractivity contribution >= 4 is 0 Å². The molecule has 0 fully saturated rings. The van der Waals surface area contributed by atoms with Gasteiger partial charge in [-0.3, -0.25) is 4.98 Å². The summed E-state index contributed by atoms with van der Waals surface area (Å²) < 4.78 is 0. The lowest BCUT2D eigenvalue weighted by Crippen LogP contribution is -2.20. The van der Waals surface area contributed by atoms with Crippen LogP contribution in [0.1, 0.15) is 31.9 Å². The molecule has 2 rings (SSSR count). The van der Waals surface area contributed by atoms with Crippen LogP contribution in [0.4, 0.5) is 0 Å². The molecule has 0 radical (unpaired) electrons. The van der Waals surface area contributed by atoms with E-state index in [4.69, 9.17) is 0 Å². The van der Waals surface area contributed by atoms with Crippen molar-refractivity contribution < 1.29 is 0 Å². The number of aromatic nitrogens is 1. The SMILES string of the molecule is CC(C)(C)C1Cc2ccncc2C1. The van der Waals surface area contributed by atoms with E-state index in [0.29, 0.717) is 5.41 Å². The first-order valence-electron chi connectivity index (χ1n) is 4.99. The third-order valence-electron chi connectivity index (χ3n) is 3.16. The molecule has 1 aliphatic rings. The first-order valence-corrected chi connectivity index (χ1v) is 4.99. The smallest absolute Gasteiger partial charge is 0.0302 e. The van der Waals surface area contributed by atoms with Gasteiger partial charge in [0.25, 0.3) is 0 Å². The Labute approximate surface area is 80.2 Å². The van der Waals surface area contributed by atoms with E-state index in [1.54, 1.807) is 0 Å². The highest BCUT2D eigenvalue weighted by atomic mass is 14.6. The molecule has 1 aromatic heterocycles. The Morgan fingerprint density at radius 2 is 1.92 bits per heavy atom. The molecule has 0 bridgehead atoms. The Morgan fingerprint density at radius 1 is 1.23 bits per heavy atom. The molecule has 1 aromatic rings. The van der Waals surface area contributed by atoms with Crippen LogP contribution in [0.25, 0.3) is 0 Å². The average Bonchev–Trinajstić information content (AvgIpc) is 2.45. The highest BCUT2D eigenvalue weighted by Gasteiger charge is 2.30. The Kier molecular flexibility index (Phi) is 1.90. The number of rotatable bonds is 0. The maximum Gasteiger partial charge on any atom is 0.0302 e. The maximum atomic E-state index is 4.17. The molecule has 0 aliphatic heterocycles. The van der Waals surface area contributed by atoms with E-state index in [0.717, 1.165) is 5.92 Å². The molecule has 1 atom stereocenters. The monoisotopic (exact) mass is 175 g/mol. The van der Waals surface area contributed by atoms with Crippen molar-refractivity contribution in [3.63, 3.8) is 0 Å². The molecule has 1 heteroatoms. The van der Waals surface area contributed by atoms with Gasteiger partial charge in [0.2, 0.25) is 0 Å². The van der Waals surface area contributed by atoms with Crippen LogP contribution >= 0.6 is 0 Å². The summed E-state index contributed by atoms with van der Waals surface area (Å²) in [5.74, 6) is 0.798. The standard InChI is InChI=1S/C12H17N/c1-12(2,3)11-6-9-4-5-13-8-10(9)7-11/h4-5,8,11H,6-7H2,1-3H3. The predicted octanol–water partition coefficient (Wildman–Crippen LogP) is 2.84. The minimum absolute atomic E-state index is 0.430. The Bertz CT molecular complexity index is 284. The van der Waals surface area contributed by atoms with Gasteiger partial charge in [-0.15, -0.1) is 0 Å². The van der Waals surface area contributed by atoms with Gasteiger partial charge >= 0.3 is 0 Å². The highest BCUT2D eigenvalue weighted by Crippen LogP contribution is 2.37. The third-order valence-corrected chi connectivity index (χ3v) is 3.16. The first kappa shape index (κ1) is 8.74. The van der Waals surface area contributed by atoms with E-state index in [-0.39, 0.29) is 0 Å². The Hall–Kier alpha value is -0.850. The molecule has 13 heavy (non-hydrogen) atoms. The number of hydrogen-bond acceptors (Lipinski definition) is 1. The summed E-state index contributed by atoms with van der Waals surface area (Å²) in [6, 6.07) is 2.17. The van der Waals surface area contributed by atoms with Gasteiger partial charge in [-0.05, 0) is 41.4 Å². The quantitative estimate of drug-likeness (QED) is 0.591. The molecule has 1 unspecified atom stereocenters. The average molecular weight is 175 g/mol. The molecule has 0 amide bonds. The van der Waals surface area contributed by atoms with Crippen molar-refractivity contribution in [1.82, 2.24) is 4.98 Å². The van der Waals surface area contributed by atoms with E-state index >= 15 is 0 Å². The lowest BCUT2D eigenvalue weighted by Gasteiger charge is -2.26. The number of hydrogen-bond donors (Lipinski definition) is 0. The van der Waals surface area contributed by atoms with Gasteiger partial charge in [0, 0.05) is 12.4 Å². The zero-order valence-corrected chi connectivity index (χ0v) is 8.67. The van der Waals surface area contributed by atoms with E-state index < -0.39 is 0 Å². The van der Waals surface area contributed by atoms with E-state index in [1.807, 2.05) is 12.4 Å². The number of fused-ring (bicyclic) bond motifs is 1. The summed E-state index contributed by atoms with van der Waals surface area (Å²) >= 11 is 0. The molecular formula is C12H17N. The Balaban J connectivity index is 2.23. The molecular weight excluding hydrogens is 158 g/mol. The van der Waals surface area contributed by atoms with Crippen molar-refractivity contribution in [3.05, 3.63) is 29.6 Å². The van der Waals surface area contributed by atoms with Crippen molar-refractivity contribution in [2.75, 3.05) is 0 Å². The fourth-order valence-electron chi connectivity index (χ4n) is 2.05. The molecule has 0 spiro atoms. The van der Waals surface area contributed by atoms with Crippen LogP contribution in [0.3, 0.4) is 0 Å². The second kappa shape index (κ2) is 2.83. The van der Waals surface area contributed by atoms with E-state index in [1.165, 1.54) is 24.0 Å². The van der Waals surface area contributed by atoms with Gasteiger partial charge in [0.1, 0.15) is 0 Å². The third kappa shape index (κ3) is 1.60. The van der Waals surface area contributed by atoms with Crippen molar-refractivity contribution in [3.8, 4) is 0 Å². The molecule has 0 saturated carbocycles. The van der Waals surface area contributed by atoms with Gasteiger partial charge in [0.05, 0.1) is 0 Å². The van der Waals surface area contributed by atoms with Crippen LogP contribution in [-0.4, -0.2) is 4.98 Å².